The van der Waals surface area contributed by atoms with Gasteiger partial charge in [-0.2, -0.15) is 0 Å². The highest BCUT2D eigenvalue weighted by atomic mass is 16.5. The van der Waals surface area contributed by atoms with Crippen molar-refractivity contribution in [2.24, 2.45) is 0 Å². The van der Waals surface area contributed by atoms with Crippen LogP contribution in [0.2, 0.25) is 0 Å². The van der Waals surface area contributed by atoms with E-state index in [4.69, 9.17) is 9.47 Å². The average molecular weight is 327 g/mol. The van der Waals surface area contributed by atoms with Gasteiger partial charge in [0.1, 0.15) is 11.5 Å². The van der Waals surface area contributed by atoms with Gasteiger partial charge in [0, 0.05) is 6.54 Å². The molecule has 24 heavy (non-hydrogen) atoms. The van der Waals surface area contributed by atoms with Crippen molar-refractivity contribution in [2.45, 2.75) is 32.8 Å². The maximum Gasteiger partial charge on any atom is 0.260 e. The van der Waals surface area contributed by atoms with Gasteiger partial charge >= 0.3 is 0 Å². The van der Waals surface area contributed by atoms with E-state index in [0.29, 0.717) is 12.3 Å². The number of benzene rings is 2. The quantitative estimate of drug-likeness (QED) is 0.755. The lowest BCUT2D eigenvalue weighted by molar-refractivity contribution is -0.127. The summed E-state index contributed by atoms with van der Waals surface area (Å²) in [7, 11) is 1.66. The van der Waals surface area contributed by atoms with Crippen molar-refractivity contribution in [2.75, 3.05) is 13.7 Å². The Morgan fingerprint density at radius 1 is 1.12 bits per heavy atom. The summed E-state index contributed by atoms with van der Waals surface area (Å²) in [6, 6.07) is 15.7. The summed E-state index contributed by atoms with van der Waals surface area (Å²) < 4.78 is 10.9. The number of hydrogen-bond acceptors (Lipinski definition) is 3. The third-order valence-corrected chi connectivity index (χ3v) is 3.75. The topological polar surface area (TPSA) is 47.6 Å². The van der Waals surface area contributed by atoms with Crippen LogP contribution >= 0.6 is 0 Å². The number of ether oxygens (including phenoxy) is 2. The third-order valence-electron chi connectivity index (χ3n) is 3.75. The predicted octanol–water partition coefficient (Wildman–Crippen LogP) is 3.52. The Kier molecular flexibility index (Phi) is 6.67. The summed E-state index contributed by atoms with van der Waals surface area (Å²) in [6.45, 7) is 4.38. The second-order valence-corrected chi connectivity index (χ2v) is 5.82. The molecule has 128 valence electrons. The molecule has 0 unspecified atom stereocenters. The zero-order valence-electron chi connectivity index (χ0n) is 14.5. The number of aryl methyl sites for hydroxylation is 2. The fourth-order valence-corrected chi connectivity index (χ4v) is 2.42. The average Bonchev–Trinajstić information content (AvgIpc) is 2.58. The Labute approximate surface area is 143 Å². The van der Waals surface area contributed by atoms with Crippen LogP contribution in [0.3, 0.4) is 0 Å². The van der Waals surface area contributed by atoms with Gasteiger partial charge in [-0.05, 0) is 62.1 Å². The summed E-state index contributed by atoms with van der Waals surface area (Å²) in [6.07, 6.45) is 1.25. The van der Waals surface area contributed by atoms with Gasteiger partial charge in [-0.25, -0.2) is 0 Å². The molecule has 0 aliphatic rings. The number of amides is 1. The summed E-state index contributed by atoms with van der Waals surface area (Å²) in [5.41, 5.74) is 2.31. The Morgan fingerprint density at radius 2 is 1.88 bits per heavy atom. The highest BCUT2D eigenvalue weighted by molar-refractivity contribution is 5.80. The zero-order chi connectivity index (χ0) is 17.4. The molecular weight excluding hydrogens is 302 g/mol. The van der Waals surface area contributed by atoms with E-state index in [9.17, 15) is 4.79 Å². The van der Waals surface area contributed by atoms with E-state index in [1.54, 1.807) is 14.0 Å². The predicted molar refractivity (Wildman–Crippen MR) is 95.6 cm³/mol. The van der Waals surface area contributed by atoms with Crippen molar-refractivity contribution in [1.82, 2.24) is 5.32 Å². The van der Waals surface area contributed by atoms with Gasteiger partial charge in [-0.15, -0.1) is 0 Å². The zero-order valence-corrected chi connectivity index (χ0v) is 14.5. The van der Waals surface area contributed by atoms with Gasteiger partial charge in [0.25, 0.3) is 5.91 Å². The van der Waals surface area contributed by atoms with Gasteiger partial charge in [-0.1, -0.05) is 24.3 Å². The van der Waals surface area contributed by atoms with Gasteiger partial charge in [0.15, 0.2) is 6.10 Å². The molecule has 1 N–H and O–H groups in total. The Bertz CT molecular complexity index is 669. The molecule has 2 aromatic rings. The van der Waals surface area contributed by atoms with Crippen LogP contribution in [0.15, 0.2) is 48.5 Å². The van der Waals surface area contributed by atoms with E-state index in [1.807, 2.05) is 49.4 Å². The lowest BCUT2D eigenvalue weighted by Crippen LogP contribution is -2.36. The molecule has 0 saturated carbocycles. The normalized spacial score (nSPS) is 11.6. The minimum Gasteiger partial charge on any atom is -0.497 e. The number of carbonyl (C=O) groups excluding carboxylic acids is 1. The first kappa shape index (κ1) is 17.9. The highest BCUT2D eigenvalue weighted by Crippen LogP contribution is 2.15. The van der Waals surface area contributed by atoms with E-state index < -0.39 is 6.10 Å². The lowest BCUT2D eigenvalue weighted by atomic mass is 10.1. The minimum atomic E-state index is -0.511. The number of nitrogens with one attached hydrogen (secondary N) is 1. The SMILES string of the molecule is COc1cccc(CCCNC(=O)[C@H](C)Oc2cccc(C)c2)c1. The molecule has 0 aromatic heterocycles. The molecule has 0 aliphatic heterocycles. The van der Waals surface area contributed by atoms with Crippen LogP contribution in [0.5, 0.6) is 11.5 Å². The summed E-state index contributed by atoms with van der Waals surface area (Å²) in [5, 5.41) is 2.92. The number of rotatable bonds is 8. The molecule has 0 spiro atoms. The van der Waals surface area contributed by atoms with Crippen molar-refractivity contribution in [3.05, 3.63) is 59.7 Å². The monoisotopic (exact) mass is 327 g/mol. The van der Waals surface area contributed by atoms with E-state index in [-0.39, 0.29) is 5.91 Å². The van der Waals surface area contributed by atoms with Crippen molar-refractivity contribution in [3.8, 4) is 11.5 Å². The number of carbonyl (C=O) groups is 1. The highest BCUT2D eigenvalue weighted by Gasteiger charge is 2.13. The largest absolute Gasteiger partial charge is 0.497 e. The molecule has 0 heterocycles. The third kappa shape index (κ3) is 5.61. The van der Waals surface area contributed by atoms with Gasteiger partial charge in [0.2, 0.25) is 0 Å². The molecule has 1 amide bonds. The molecule has 0 aliphatic carbocycles. The molecule has 2 rings (SSSR count). The van der Waals surface area contributed by atoms with E-state index >= 15 is 0 Å². The van der Waals surface area contributed by atoms with Crippen LogP contribution in [-0.4, -0.2) is 25.7 Å². The Morgan fingerprint density at radius 3 is 2.62 bits per heavy atom. The summed E-state index contributed by atoms with van der Waals surface area (Å²) >= 11 is 0. The fourth-order valence-electron chi connectivity index (χ4n) is 2.42. The van der Waals surface area contributed by atoms with E-state index in [1.165, 1.54) is 5.56 Å². The first-order valence-electron chi connectivity index (χ1n) is 8.22. The summed E-state index contributed by atoms with van der Waals surface area (Å²) in [4.78, 5) is 12.1. The van der Waals surface area contributed by atoms with Crippen LogP contribution in [0, 0.1) is 6.92 Å². The second kappa shape index (κ2) is 8.96. The minimum absolute atomic E-state index is 0.0952. The Balaban J connectivity index is 1.72. The van der Waals surface area contributed by atoms with E-state index in [2.05, 4.69) is 11.4 Å². The maximum atomic E-state index is 12.1. The van der Waals surface area contributed by atoms with Gasteiger partial charge in [0.05, 0.1) is 7.11 Å². The molecular formula is C20H25NO3. The number of hydrogen-bond donors (Lipinski definition) is 1. The first-order chi connectivity index (χ1) is 11.6. The molecule has 4 heteroatoms. The molecule has 0 saturated heterocycles. The van der Waals surface area contributed by atoms with Crippen molar-refractivity contribution in [3.63, 3.8) is 0 Å². The Hall–Kier alpha value is -2.49. The maximum absolute atomic E-state index is 12.1. The fraction of sp³-hybridized carbons (Fsp3) is 0.350. The molecule has 2 aromatic carbocycles. The van der Waals surface area contributed by atoms with Crippen LogP contribution in [0.1, 0.15) is 24.5 Å². The molecule has 0 radical (unpaired) electrons. The van der Waals surface area contributed by atoms with Gasteiger partial charge in [-0.3, -0.25) is 4.79 Å². The second-order valence-electron chi connectivity index (χ2n) is 5.82. The van der Waals surface area contributed by atoms with Crippen molar-refractivity contribution < 1.29 is 14.3 Å². The first-order valence-corrected chi connectivity index (χ1v) is 8.22. The molecule has 1 atom stereocenters. The van der Waals surface area contributed by atoms with Crippen molar-refractivity contribution in [1.29, 1.82) is 0 Å². The van der Waals surface area contributed by atoms with Crippen LogP contribution < -0.4 is 14.8 Å². The van der Waals surface area contributed by atoms with Crippen molar-refractivity contribution >= 4 is 5.91 Å². The molecule has 0 fully saturated rings. The standard InChI is InChI=1S/C20H25NO3/c1-15-7-4-11-19(13-15)24-16(2)20(22)21-12-6-9-17-8-5-10-18(14-17)23-3/h4-5,7-8,10-11,13-14,16H,6,9,12H2,1-3H3,(H,21,22)/t16-/m0/s1. The summed E-state index contributed by atoms with van der Waals surface area (Å²) in [5.74, 6) is 1.48. The van der Waals surface area contributed by atoms with Crippen LogP contribution in [-0.2, 0) is 11.2 Å². The van der Waals surface area contributed by atoms with Crippen LogP contribution in [0.25, 0.3) is 0 Å². The van der Waals surface area contributed by atoms with E-state index in [0.717, 1.165) is 24.2 Å². The lowest BCUT2D eigenvalue weighted by Gasteiger charge is -2.15. The number of methoxy groups -OCH3 is 1. The smallest absolute Gasteiger partial charge is 0.260 e. The molecule has 0 bridgehead atoms. The molecule has 4 nitrogen and oxygen atoms in total. The van der Waals surface area contributed by atoms with Crippen LogP contribution in [0.4, 0.5) is 0 Å². The van der Waals surface area contributed by atoms with Gasteiger partial charge < -0.3 is 14.8 Å².